The molecule has 1 fully saturated rings. The summed E-state index contributed by atoms with van der Waals surface area (Å²) in [7, 11) is 1.51. The molecular weight excluding hydrogens is 358 g/mol. The Morgan fingerprint density at radius 1 is 0.964 bits per heavy atom. The number of para-hydroxylation sites is 1. The first-order chi connectivity index (χ1) is 13.6. The van der Waals surface area contributed by atoms with E-state index < -0.39 is 11.1 Å². The number of aryl methyl sites for hydroxylation is 1. The molecule has 0 aliphatic carbocycles. The van der Waals surface area contributed by atoms with Crippen molar-refractivity contribution in [3.63, 3.8) is 0 Å². The number of pyridine rings is 1. The number of hydrogen-bond donors (Lipinski definition) is 0. The van der Waals surface area contributed by atoms with Crippen molar-refractivity contribution in [3.05, 3.63) is 69.4 Å². The van der Waals surface area contributed by atoms with Crippen LogP contribution in [0.25, 0.3) is 11.2 Å². The Morgan fingerprint density at radius 3 is 2.39 bits per heavy atom. The predicted molar refractivity (Wildman–Crippen MR) is 106 cm³/mol. The molecule has 8 heteroatoms. The van der Waals surface area contributed by atoms with Gasteiger partial charge in [0.2, 0.25) is 5.91 Å². The summed E-state index contributed by atoms with van der Waals surface area (Å²) in [6.45, 7) is 2.43. The van der Waals surface area contributed by atoms with Crippen molar-refractivity contribution in [3.8, 4) is 0 Å². The maximum atomic E-state index is 12.8. The molecule has 0 saturated carbocycles. The van der Waals surface area contributed by atoms with E-state index in [0.717, 1.165) is 18.8 Å². The average molecular weight is 379 g/mol. The van der Waals surface area contributed by atoms with Crippen molar-refractivity contribution >= 4 is 22.8 Å². The molecule has 8 nitrogen and oxygen atoms in total. The molecule has 1 aliphatic rings. The Balaban J connectivity index is 1.54. The third-order valence-electron chi connectivity index (χ3n) is 5.15. The lowest BCUT2D eigenvalue weighted by atomic mass is 10.2. The number of aromatic nitrogens is 3. The lowest BCUT2D eigenvalue weighted by molar-refractivity contribution is -0.132. The van der Waals surface area contributed by atoms with Gasteiger partial charge in [-0.2, -0.15) is 0 Å². The first-order valence-corrected chi connectivity index (χ1v) is 9.18. The number of nitrogens with zero attached hydrogens (tertiary/aromatic N) is 5. The predicted octanol–water partition coefficient (Wildman–Crippen LogP) is 0.444. The van der Waals surface area contributed by atoms with Crippen LogP contribution in [0.3, 0.4) is 0 Å². The van der Waals surface area contributed by atoms with Crippen LogP contribution >= 0.6 is 0 Å². The molecular formula is C20H21N5O3. The fraction of sp³-hybridized carbons (Fsp3) is 0.300. The quantitative estimate of drug-likeness (QED) is 0.617. The van der Waals surface area contributed by atoms with Gasteiger partial charge in [-0.3, -0.25) is 23.5 Å². The highest BCUT2D eigenvalue weighted by molar-refractivity contribution is 5.79. The molecule has 144 valence electrons. The normalized spacial score (nSPS) is 14.5. The van der Waals surface area contributed by atoms with Crippen molar-refractivity contribution < 1.29 is 4.79 Å². The molecule has 0 atom stereocenters. The van der Waals surface area contributed by atoms with Crippen LogP contribution in [0.2, 0.25) is 0 Å². The summed E-state index contributed by atoms with van der Waals surface area (Å²) in [5, 5.41) is 0. The molecule has 4 rings (SSSR count). The van der Waals surface area contributed by atoms with Crippen LogP contribution in [-0.2, 0) is 18.4 Å². The number of carbonyl (C=O) groups is 1. The first-order valence-electron chi connectivity index (χ1n) is 9.18. The van der Waals surface area contributed by atoms with Crippen LogP contribution in [0.4, 0.5) is 5.69 Å². The van der Waals surface area contributed by atoms with Gasteiger partial charge in [0.25, 0.3) is 0 Å². The number of rotatable bonds is 3. The van der Waals surface area contributed by atoms with E-state index in [9.17, 15) is 14.4 Å². The van der Waals surface area contributed by atoms with Crippen molar-refractivity contribution in [2.24, 2.45) is 7.05 Å². The van der Waals surface area contributed by atoms with Gasteiger partial charge in [0.05, 0.1) is 5.52 Å². The number of hydrogen-bond acceptors (Lipinski definition) is 5. The van der Waals surface area contributed by atoms with E-state index in [4.69, 9.17) is 0 Å². The van der Waals surface area contributed by atoms with Gasteiger partial charge in [0.15, 0.2) is 5.65 Å². The van der Waals surface area contributed by atoms with Gasteiger partial charge in [0.1, 0.15) is 6.54 Å². The Morgan fingerprint density at radius 2 is 1.68 bits per heavy atom. The van der Waals surface area contributed by atoms with Crippen molar-refractivity contribution in [1.82, 2.24) is 19.0 Å². The highest BCUT2D eigenvalue weighted by Crippen LogP contribution is 2.16. The van der Waals surface area contributed by atoms with Gasteiger partial charge in [-0.1, -0.05) is 18.2 Å². The number of benzene rings is 1. The van der Waals surface area contributed by atoms with E-state index >= 15 is 0 Å². The Labute approximate surface area is 161 Å². The van der Waals surface area contributed by atoms with Crippen LogP contribution in [-0.4, -0.2) is 51.1 Å². The molecule has 3 aromatic rings. The van der Waals surface area contributed by atoms with E-state index in [-0.39, 0.29) is 12.5 Å². The zero-order valence-corrected chi connectivity index (χ0v) is 15.6. The minimum atomic E-state index is -0.709. The third-order valence-corrected chi connectivity index (χ3v) is 5.15. The zero-order chi connectivity index (χ0) is 19.7. The molecule has 2 aromatic heterocycles. The average Bonchev–Trinajstić information content (AvgIpc) is 2.76. The van der Waals surface area contributed by atoms with Gasteiger partial charge in [-0.25, -0.2) is 4.98 Å². The van der Waals surface area contributed by atoms with Gasteiger partial charge in [0, 0.05) is 45.1 Å². The second-order valence-electron chi connectivity index (χ2n) is 6.80. The van der Waals surface area contributed by atoms with E-state index in [1.54, 1.807) is 23.2 Å². The van der Waals surface area contributed by atoms with Crippen LogP contribution in [0.1, 0.15) is 0 Å². The standard InChI is InChI=1S/C20H21N5O3/c1-22-18-16(8-5-9-21-18)25(20(28)19(22)27)14-17(26)24-12-10-23(11-13-24)15-6-3-2-4-7-15/h2-9H,10-14H2,1H3. The van der Waals surface area contributed by atoms with Gasteiger partial charge in [-0.15, -0.1) is 0 Å². The lowest BCUT2D eigenvalue weighted by Gasteiger charge is -2.36. The number of anilines is 1. The van der Waals surface area contributed by atoms with Crippen molar-refractivity contribution in [1.29, 1.82) is 0 Å². The third kappa shape index (κ3) is 3.17. The van der Waals surface area contributed by atoms with E-state index in [0.29, 0.717) is 24.3 Å². The second-order valence-corrected chi connectivity index (χ2v) is 6.80. The molecule has 1 aromatic carbocycles. The lowest BCUT2D eigenvalue weighted by Crippen LogP contribution is -2.51. The molecule has 1 aliphatic heterocycles. The molecule has 0 radical (unpaired) electrons. The molecule has 0 spiro atoms. The van der Waals surface area contributed by atoms with E-state index in [2.05, 4.69) is 22.0 Å². The molecule has 0 unspecified atom stereocenters. The van der Waals surface area contributed by atoms with E-state index in [1.165, 1.54) is 16.2 Å². The fourth-order valence-electron chi connectivity index (χ4n) is 3.57. The SMILES string of the molecule is Cn1c(=O)c(=O)n(CC(=O)N2CCN(c3ccccc3)CC2)c2cccnc21. The molecule has 1 saturated heterocycles. The van der Waals surface area contributed by atoms with Crippen LogP contribution in [0.15, 0.2) is 58.3 Å². The summed E-state index contributed by atoms with van der Waals surface area (Å²) in [6, 6.07) is 13.5. The molecule has 28 heavy (non-hydrogen) atoms. The summed E-state index contributed by atoms with van der Waals surface area (Å²) in [5.41, 5.74) is 0.598. The summed E-state index contributed by atoms with van der Waals surface area (Å²) >= 11 is 0. The number of amides is 1. The number of piperazine rings is 1. The summed E-state index contributed by atoms with van der Waals surface area (Å²) < 4.78 is 2.45. The molecule has 1 amide bonds. The maximum Gasteiger partial charge on any atom is 0.317 e. The smallest absolute Gasteiger partial charge is 0.317 e. The Bertz CT molecular complexity index is 1130. The molecule has 0 bridgehead atoms. The van der Waals surface area contributed by atoms with E-state index in [1.807, 2.05) is 18.2 Å². The Hall–Kier alpha value is -3.42. The van der Waals surface area contributed by atoms with Gasteiger partial charge >= 0.3 is 11.1 Å². The first kappa shape index (κ1) is 18.0. The van der Waals surface area contributed by atoms with Crippen molar-refractivity contribution in [2.75, 3.05) is 31.1 Å². The topological polar surface area (TPSA) is 80.4 Å². The van der Waals surface area contributed by atoms with Gasteiger partial charge < -0.3 is 9.80 Å². The molecule has 3 heterocycles. The summed E-state index contributed by atoms with van der Waals surface area (Å²) in [4.78, 5) is 45.7. The fourth-order valence-corrected chi connectivity index (χ4v) is 3.57. The summed E-state index contributed by atoms with van der Waals surface area (Å²) in [6.07, 6.45) is 1.56. The molecule has 0 N–H and O–H groups in total. The van der Waals surface area contributed by atoms with Crippen LogP contribution in [0.5, 0.6) is 0 Å². The number of carbonyl (C=O) groups excluding carboxylic acids is 1. The number of fused-ring (bicyclic) bond motifs is 1. The Kier molecular flexibility index (Phi) is 4.68. The van der Waals surface area contributed by atoms with Crippen molar-refractivity contribution in [2.45, 2.75) is 6.54 Å². The minimum Gasteiger partial charge on any atom is -0.368 e. The highest BCUT2D eigenvalue weighted by atomic mass is 16.2. The van der Waals surface area contributed by atoms with Crippen LogP contribution < -0.4 is 16.0 Å². The van der Waals surface area contributed by atoms with Crippen LogP contribution in [0, 0.1) is 0 Å². The van der Waals surface area contributed by atoms with Gasteiger partial charge in [-0.05, 0) is 24.3 Å². The maximum absolute atomic E-state index is 12.8. The summed E-state index contributed by atoms with van der Waals surface area (Å²) in [5.74, 6) is -0.173. The second kappa shape index (κ2) is 7.30. The zero-order valence-electron chi connectivity index (χ0n) is 15.6. The largest absolute Gasteiger partial charge is 0.368 e. The monoisotopic (exact) mass is 379 g/mol. The highest BCUT2D eigenvalue weighted by Gasteiger charge is 2.23. The minimum absolute atomic E-state index is 0.164.